The van der Waals surface area contributed by atoms with E-state index in [2.05, 4.69) is 24.2 Å². The predicted molar refractivity (Wildman–Crippen MR) is 82.1 cm³/mol. The van der Waals surface area contributed by atoms with Crippen LogP contribution in [0.2, 0.25) is 6.55 Å². The number of rotatable bonds is 10. The van der Waals surface area contributed by atoms with Crippen molar-refractivity contribution in [2.24, 2.45) is 10.3 Å². The lowest BCUT2D eigenvalue weighted by molar-refractivity contribution is -0.335. The lowest BCUT2D eigenvalue weighted by atomic mass is 10.2. The zero-order chi connectivity index (χ0) is 14.7. The smallest absolute Gasteiger partial charge is 0.355 e. The van der Waals surface area contributed by atoms with E-state index in [4.69, 9.17) is 14.1 Å². The molecule has 0 rings (SSSR count). The number of hydrogen-bond donors (Lipinski definition) is 0. The molecule has 0 N–H and O–H groups in total. The average Bonchev–Trinajstić information content (AvgIpc) is 2.36. The summed E-state index contributed by atoms with van der Waals surface area (Å²) in [4.78, 5) is 10.8. The van der Waals surface area contributed by atoms with Crippen LogP contribution in [-0.4, -0.2) is 27.2 Å². The molecule has 0 fully saturated rings. The predicted octanol–water partition coefficient (Wildman–Crippen LogP) is 3.19. The molecule has 0 aromatic heterocycles. The Morgan fingerprint density at radius 3 is 1.74 bits per heavy atom. The van der Waals surface area contributed by atoms with Crippen molar-refractivity contribution >= 4 is 21.2 Å². The third-order valence-electron chi connectivity index (χ3n) is 2.36. The van der Waals surface area contributed by atoms with Crippen molar-refractivity contribution in [2.45, 2.75) is 72.8 Å². The van der Waals surface area contributed by atoms with Gasteiger partial charge in [-0.25, -0.2) is 0 Å². The summed E-state index contributed by atoms with van der Waals surface area (Å²) in [6.07, 6.45) is 3.87. The molecule has 0 atom stereocenters. The van der Waals surface area contributed by atoms with Crippen molar-refractivity contribution in [3.05, 3.63) is 0 Å². The highest BCUT2D eigenvalue weighted by atomic mass is 28.2. The number of hydrogen-bond acceptors (Lipinski definition) is 5. The van der Waals surface area contributed by atoms with E-state index in [0.717, 1.165) is 37.1 Å². The van der Waals surface area contributed by atoms with Gasteiger partial charge in [-0.15, -0.1) is 0 Å². The van der Waals surface area contributed by atoms with E-state index in [9.17, 15) is 0 Å². The molecule has 0 heterocycles. The van der Waals surface area contributed by atoms with Crippen LogP contribution in [0.3, 0.4) is 0 Å². The van der Waals surface area contributed by atoms with Crippen LogP contribution in [0.1, 0.15) is 60.3 Å². The van der Waals surface area contributed by atoms with Crippen molar-refractivity contribution in [2.75, 3.05) is 0 Å². The molecule has 5 nitrogen and oxygen atoms in total. The highest BCUT2D eigenvalue weighted by Crippen LogP contribution is 2.16. The first-order valence-electron chi connectivity index (χ1n) is 7.04. The molecule has 0 amide bonds. The maximum Gasteiger partial charge on any atom is 0.401 e. The molecule has 0 saturated heterocycles. The maximum absolute atomic E-state index is 5.57. The quantitative estimate of drug-likeness (QED) is 0.268. The van der Waals surface area contributed by atoms with Crippen LogP contribution in [0.15, 0.2) is 10.3 Å². The molecule has 112 valence electrons. The molecule has 0 aliphatic carbocycles. The van der Waals surface area contributed by atoms with Crippen LogP contribution in [0, 0.1) is 0 Å². The Hall–Kier alpha value is -0.883. The molecule has 0 aliphatic rings. The van der Waals surface area contributed by atoms with Crippen LogP contribution >= 0.6 is 0 Å². The lowest BCUT2D eigenvalue weighted by Crippen LogP contribution is -2.34. The van der Waals surface area contributed by atoms with Gasteiger partial charge in [0, 0.05) is 6.92 Å². The Morgan fingerprint density at radius 2 is 1.42 bits per heavy atom. The maximum atomic E-state index is 5.57. The molecule has 0 spiro atoms. The van der Waals surface area contributed by atoms with Crippen LogP contribution in [0.5, 0.6) is 0 Å². The molecule has 0 bridgehead atoms. The molecule has 0 unspecified atom stereocenters. The fourth-order valence-corrected chi connectivity index (χ4v) is 2.10. The molecule has 6 heteroatoms. The van der Waals surface area contributed by atoms with Crippen LogP contribution in [0.4, 0.5) is 0 Å². The first-order valence-corrected chi connectivity index (χ1v) is 9.03. The van der Waals surface area contributed by atoms with E-state index in [1.165, 1.54) is 0 Å². The first-order chi connectivity index (χ1) is 8.97. The third kappa shape index (κ3) is 8.77. The summed E-state index contributed by atoms with van der Waals surface area (Å²) in [5.74, 6) is -1.20. The van der Waals surface area contributed by atoms with E-state index in [1.807, 2.05) is 20.4 Å². The SMILES string of the molecule is CCCC(C)=NOC(C)(ON=C(C)CCC)O[SiH2]C. The first kappa shape index (κ1) is 18.1. The number of nitrogens with zero attached hydrogens (tertiary/aromatic N) is 2. The Bertz CT molecular complexity index is 282. The fourth-order valence-electron chi connectivity index (χ4n) is 1.47. The third-order valence-corrected chi connectivity index (χ3v) is 3.18. The van der Waals surface area contributed by atoms with Crippen LogP contribution in [0.25, 0.3) is 0 Å². The van der Waals surface area contributed by atoms with Gasteiger partial charge in [0.1, 0.15) is 0 Å². The minimum Gasteiger partial charge on any atom is -0.355 e. The summed E-state index contributed by atoms with van der Waals surface area (Å²) < 4.78 is 5.57. The fraction of sp³-hybridized carbons (Fsp3) is 0.846. The molecule has 0 saturated carbocycles. The summed E-state index contributed by atoms with van der Waals surface area (Å²) in [7, 11) is -0.691. The van der Waals surface area contributed by atoms with Gasteiger partial charge in [0.15, 0.2) is 9.76 Å². The second-order valence-corrected chi connectivity index (χ2v) is 5.50. The van der Waals surface area contributed by atoms with E-state index in [1.54, 1.807) is 6.92 Å². The van der Waals surface area contributed by atoms with E-state index >= 15 is 0 Å². The number of oxime groups is 2. The molecular formula is C13H28N2O3Si. The Balaban J connectivity index is 4.57. The van der Waals surface area contributed by atoms with Gasteiger partial charge in [0.2, 0.25) is 0 Å². The summed E-state index contributed by atoms with van der Waals surface area (Å²) in [6, 6.07) is 0. The Kier molecular flexibility index (Phi) is 9.51. The van der Waals surface area contributed by atoms with Gasteiger partial charge in [-0.2, -0.15) is 0 Å². The van der Waals surface area contributed by atoms with Gasteiger partial charge >= 0.3 is 5.97 Å². The molecule has 0 aromatic carbocycles. The normalized spacial score (nSPS) is 16.7. The molecule has 0 aromatic rings. The minimum absolute atomic E-state index is 0.691. The summed E-state index contributed by atoms with van der Waals surface area (Å²) >= 11 is 0. The van der Waals surface area contributed by atoms with Crippen molar-refractivity contribution in [1.29, 1.82) is 0 Å². The van der Waals surface area contributed by atoms with Gasteiger partial charge in [-0.1, -0.05) is 43.5 Å². The Morgan fingerprint density at radius 1 is 1.00 bits per heavy atom. The monoisotopic (exact) mass is 288 g/mol. The summed E-state index contributed by atoms with van der Waals surface area (Å²) in [5, 5.41) is 8.10. The van der Waals surface area contributed by atoms with E-state index < -0.39 is 15.7 Å². The van der Waals surface area contributed by atoms with Gasteiger partial charge < -0.3 is 14.1 Å². The highest BCUT2D eigenvalue weighted by molar-refractivity contribution is 6.24. The largest absolute Gasteiger partial charge is 0.401 e. The van der Waals surface area contributed by atoms with Crippen LogP contribution in [-0.2, 0) is 14.1 Å². The highest BCUT2D eigenvalue weighted by Gasteiger charge is 2.29. The Labute approximate surface area is 119 Å². The second kappa shape index (κ2) is 9.97. The molecule has 19 heavy (non-hydrogen) atoms. The zero-order valence-corrected chi connectivity index (χ0v) is 14.6. The van der Waals surface area contributed by atoms with Gasteiger partial charge in [0.05, 0.1) is 11.4 Å². The topological polar surface area (TPSA) is 52.4 Å². The minimum atomic E-state index is -1.20. The summed E-state index contributed by atoms with van der Waals surface area (Å²) in [5.41, 5.74) is 1.85. The van der Waals surface area contributed by atoms with Crippen molar-refractivity contribution < 1.29 is 14.1 Å². The molecule has 0 aliphatic heterocycles. The standard InChI is InChI=1S/C13H28N2O3Si/c1-7-9-11(3)14-16-13(5,18-19-6)17-15-12(4)10-8-2/h7-10,19H2,1-6H3. The second-order valence-electron chi connectivity index (χ2n) is 4.63. The van der Waals surface area contributed by atoms with Gasteiger partial charge in [-0.05, 0) is 26.7 Å². The average molecular weight is 288 g/mol. The van der Waals surface area contributed by atoms with Crippen LogP contribution < -0.4 is 0 Å². The van der Waals surface area contributed by atoms with E-state index in [0.29, 0.717) is 0 Å². The van der Waals surface area contributed by atoms with Gasteiger partial charge in [0.25, 0.3) is 0 Å². The van der Waals surface area contributed by atoms with Crippen molar-refractivity contribution in [3.8, 4) is 0 Å². The van der Waals surface area contributed by atoms with E-state index in [-0.39, 0.29) is 0 Å². The van der Waals surface area contributed by atoms with Gasteiger partial charge in [-0.3, -0.25) is 0 Å². The zero-order valence-electron chi connectivity index (χ0n) is 13.2. The molecule has 0 radical (unpaired) electrons. The lowest BCUT2D eigenvalue weighted by Gasteiger charge is -2.24. The summed E-state index contributed by atoms with van der Waals surface area (Å²) in [6.45, 7) is 11.8. The van der Waals surface area contributed by atoms with Crippen molar-refractivity contribution in [1.82, 2.24) is 0 Å². The molecular weight excluding hydrogens is 260 g/mol. The van der Waals surface area contributed by atoms with Crippen molar-refractivity contribution in [3.63, 3.8) is 0 Å².